The van der Waals surface area contributed by atoms with Gasteiger partial charge in [-0.1, -0.05) is 0 Å². The maximum absolute atomic E-state index is 12.1. The summed E-state index contributed by atoms with van der Waals surface area (Å²) < 4.78 is 1.62. The molecule has 7 nitrogen and oxygen atoms in total. The summed E-state index contributed by atoms with van der Waals surface area (Å²) in [6, 6.07) is 3.77. The number of amides is 2. The Morgan fingerprint density at radius 1 is 1.48 bits per heavy atom. The van der Waals surface area contributed by atoms with E-state index in [2.05, 4.69) is 16.5 Å². The zero-order chi connectivity index (χ0) is 16.0. The molecule has 1 N–H and O–H groups in total. The lowest BCUT2D eigenvalue weighted by atomic mass is 10.2. The Balaban J connectivity index is 2.76. The van der Waals surface area contributed by atoms with Crippen molar-refractivity contribution in [2.45, 2.75) is 33.7 Å². The number of nitrogens with zero attached hydrogens (tertiary/aromatic N) is 4. The minimum absolute atomic E-state index is 0.0753. The third-order valence-corrected chi connectivity index (χ3v) is 2.98. The third kappa shape index (κ3) is 4.31. The summed E-state index contributed by atoms with van der Waals surface area (Å²) in [6.07, 6.45) is 1.56. The first kappa shape index (κ1) is 16.7. The van der Waals surface area contributed by atoms with E-state index in [0.29, 0.717) is 12.4 Å². The van der Waals surface area contributed by atoms with E-state index in [9.17, 15) is 9.59 Å². The van der Waals surface area contributed by atoms with E-state index in [4.69, 9.17) is 5.26 Å². The van der Waals surface area contributed by atoms with Crippen LogP contribution in [0.4, 0.5) is 5.82 Å². The predicted molar refractivity (Wildman–Crippen MR) is 78.3 cm³/mol. The normalized spacial score (nSPS) is 11.8. The average Bonchev–Trinajstić information content (AvgIpc) is 2.91. The van der Waals surface area contributed by atoms with E-state index in [1.807, 2.05) is 13.8 Å². The average molecular weight is 291 g/mol. The zero-order valence-electron chi connectivity index (χ0n) is 12.8. The second kappa shape index (κ2) is 7.43. The SMILES string of the molecule is CCN(CC(C)C#N)C(=O)C(=O)Nc1ccnn1C(C)C. The summed E-state index contributed by atoms with van der Waals surface area (Å²) in [5.41, 5.74) is 0. The number of nitriles is 1. The van der Waals surface area contributed by atoms with Crippen LogP contribution in [0.15, 0.2) is 12.3 Å². The molecule has 7 heteroatoms. The van der Waals surface area contributed by atoms with Crippen molar-refractivity contribution in [1.29, 1.82) is 5.26 Å². The van der Waals surface area contributed by atoms with Crippen molar-refractivity contribution in [2.24, 2.45) is 5.92 Å². The Bertz CT molecular complexity index is 544. The number of aromatic nitrogens is 2. The van der Waals surface area contributed by atoms with Gasteiger partial charge in [0.05, 0.1) is 18.2 Å². The van der Waals surface area contributed by atoms with Gasteiger partial charge in [0.1, 0.15) is 5.82 Å². The van der Waals surface area contributed by atoms with E-state index in [1.165, 1.54) is 4.90 Å². The van der Waals surface area contributed by atoms with Crippen molar-refractivity contribution in [3.63, 3.8) is 0 Å². The van der Waals surface area contributed by atoms with Crippen molar-refractivity contribution in [3.8, 4) is 6.07 Å². The van der Waals surface area contributed by atoms with Gasteiger partial charge in [-0.15, -0.1) is 0 Å². The van der Waals surface area contributed by atoms with Gasteiger partial charge in [-0.2, -0.15) is 10.4 Å². The van der Waals surface area contributed by atoms with Crippen LogP contribution in [0.3, 0.4) is 0 Å². The van der Waals surface area contributed by atoms with Crippen molar-refractivity contribution in [3.05, 3.63) is 12.3 Å². The Hall–Kier alpha value is -2.36. The molecular weight excluding hydrogens is 270 g/mol. The highest BCUT2D eigenvalue weighted by Gasteiger charge is 2.23. The molecule has 0 spiro atoms. The molecule has 1 rings (SSSR count). The van der Waals surface area contributed by atoms with Crippen LogP contribution in [0, 0.1) is 17.2 Å². The molecule has 0 radical (unpaired) electrons. The van der Waals surface area contributed by atoms with Gasteiger partial charge < -0.3 is 10.2 Å². The summed E-state index contributed by atoms with van der Waals surface area (Å²) >= 11 is 0. The molecule has 1 atom stereocenters. The van der Waals surface area contributed by atoms with E-state index < -0.39 is 11.8 Å². The Labute approximate surface area is 124 Å². The molecule has 21 heavy (non-hydrogen) atoms. The van der Waals surface area contributed by atoms with Gasteiger partial charge in [0, 0.05) is 25.2 Å². The van der Waals surface area contributed by atoms with Crippen molar-refractivity contribution in [1.82, 2.24) is 14.7 Å². The van der Waals surface area contributed by atoms with Gasteiger partial charge in [-0.3, -0.25) is 9.59 Å². The molecule has 0 aliphatic rings. The molecular formula is C14H21N5O2. The molecule has 1 aromatic heterocycles. The van der Waals surface area contributed by atoms with E-state index in [1.54, 1.807) is 30.8 Å². The number of hydrogen-bond donors (Lipinski definition) is 1. The monoisotopic (exact) mass is 291 g/mol. The summed E-state index contributed by atoms with van der Waals surface area (Å²) in [7, 11) is 0. The highest BCUT2D eigenvalue weighted by molar-refractivity contribution is 6.39. The van der Waals surface area contributed by atoms with Crippen LogP contribution < -0.4 is 5.32 Å². The molecule has 0 saturated heterocycles. The van der Waals surface area contributed by atoms with Crippen LogP contribution in [-0.4, -0.2) is 39.6 Å². The van der Waals surface area contributed by atoms with E-state index in [-0.39, 0.29) is 18.5 Å². The number of carbonyl (C=O) groups is 2. The second-order valence-corrected chi connectivity index (χ2v) is 5.08. The van der Waals surface area contributed by atoms with Crippen LogP contribution in [0.1, 0.15) is 33.7 Å². The summed E-state index contributed by atoms with van der Waals surface area (Å²) in [4.78, 5) is 25.5. The molecule has 0 aliphatic carbocycles. The fraction of sp³-hybridized carbons (Fsp3) is 0.571. The van der Waals surface area contributed by atoms with Crippen LogP contribution in [-0.2, 0) is 9.59 Å². The van der Waals surface area contributed by atoms with Gasteiger partial charge in [0.2, 0.25) is 0 Å². The number of nitrogens with one attached hydrogen (secondary N) is 1. The number of rotatable bonds is 5. The molecule has 0 aromatic carbocycles. The minimum Gasteiger partial charge on any atom is -0.333 e. The quantitative estimate of drug-likeness (QED) is 0.830. The Kier molecular flexibility index (Phi) is 5.91. The van der Waals surface area contributed by atoms with Crippen molar-refractivity contribution in [2.75, 3.05) is 18.4 Å². The van der Waals surface area contributed by atoms with E-state index in [0.717, 1.165) is 0 Å². The fourth-order valence-electron chi connectivity index (χ4n) is 1.87. The molecule has 0 fully saturated rings. The first-order chi connectivity index (χ1) is 9.90. The van der Waals surface area contributed by atoms with Crippen molar-refractivity contribution < 1.29 is 9.59 Å². The van der Waals surface area contributed by atoms with Gasteiger partial charge in [-0.05, 0) is 27.7 Å². The maximum atomic E-state index is 12.1. The molecule has 0 saturated carbocycles. The Morgan fingerprint density at radius 3 is 2.67 bits per heavy atom. The van der Waals surface area contributed by atoms with Crippen LogP contribution in [0.2, 0.25) is 0 Å². The van der Waals surface area contributed by atoms with Gasteiger partial charge in [0.15, 0.2) is 0 Å². The summed E-state index contributed by atoms with van der Waals surface area (Å²) in [5, 5.41) is 15.5. The minimum atomic E-state index is -0.718. The summed E-state index contributed by atoms with van der Waals surface area (Å²) in [6.45, 7) is 7.95. The second-order valence-electron chi connectivity index (χ2n) is 5.08. The first-order valence-electron chi connectivity index (χ1n) is 6.94. The molecule has 0 bridgehead atoms. The molecule has 1 unspecified atom stereocenters. The van der Waals surface area contributed by atoms with Crippen molar-refractivity contribution >= 4 is 17.6 Å². The maximum Gasteiger partial charge on any atom is 0.315 e. The number of hydrogen-bond acceptors (Lipinski definition) is 4. The highest BCUT2D eigenvalue weighted by Crippen LogP contribution is 2.13. The van der Waals surface area contributed by atoms with Crippen LogP contribution >= 0.6 is 0 Å². The predicted octanol–water partition coefficient (Wildman–Crippen LogP) is 1.41. The lowest BCUT2D eigenvalue weighted by Crippen LogP contribution is -2.42. The molecule has 1 heterocycles. The molecule has 0 aliphatic heterocycles. The topological polar surface area (TPSA) is 91.0 Å². The van der Waals surface area contributed by atoms with Crippen LogP contribution in [0.25, 0.3) is 0 Å². The van der Waals surface area contributed by atoms with E-state index >= 15 is 0 Å². The smallest absolute Gasteiger partial charge is 0.315 e. The lowest BCUT2D eigenvalue weighted by Gasteiger charge is -2.21. The van der Waals surface area contributed by atoms with Gasteiger partial charge in [0.25, 0.3) is 0 Å². The lowest BCUT2D eigenvalue weighted by molar-refractivity contribution is -0.143. The van der Waals surface area contributed by atoms with Gasteiger partial charge in [-0.25, -0.2) is 4.68 Å². The third-order valence-electron chi connectivity index (χ3n) is 2.98. The fourth-order valence-corrected chi connectivity index (χ4v) is 1.87. The largest absolute Gasteiger partial charge is 0.333 e. The van der Waals surface area contributed by atoms with Gasteiger partial charge >= 0.3 is 11.8 Å². The number of likely N-dealkylation sites (N-methyl/N-ethyl adjacent to an activating group) is 1. The first-order valence-corrected chi connectivity index (χ1v) is 6.94. The molecule has 1 aromatic rings. The zero-order valence-corrected chi connectivity index (χ0v) is 12.8. The summed E-state index contributed by atoms with van der Waals surface area (Å²) in [5.74, 6) is -1.20. The highest BCUT2D eigenvalue weighted by atomic mass is 16.2. The molecule has 114 valence electrons. The number of carbonyl (C=O) groups excluding carboxylic acids is 2. The van der Waals surface area contributed by atoms with Crippen LogP contribution in [0.5, 0.6) is 0 Å². The Morgan fingerprint density at radius 2 is 2.14 bits per heavy atom. The number of anilines is 1. The standard InChI is InChI=1S/C14H21N5O2/c1-5-18(9-11(4)8-15)14(21)13(20)17-12-6-7-16-19(12)10(2)3/h6-7,10-11H,5,9H2,1-4H3,(H,17,20). The molecule has 2 amide bonds.